The Kier molecular flexibility index (Phi) is 2.23. The maximum Gasteiger partial charge on any atom is 0.166 e. The molecule has 0 aliphatic carbocycles. The Bertz CT molecular complexity index is 440. The van der Waals surface area contributed by atoms with Crippen LogP contribution >= 0.6 is 0 Å². The molecule has 0 aliphatic heterocycles. The van der Waals surface area contributed by atoms with Crippen LogP contribution in [0.5, 0.6) is 0 Å². The zero-order chi connectivity index (χ0) is 9.97. The number of hydrogen-bond acceptors (Lipinski definition) is 1. The Hall–Kier alpha value is -1.77. The summed E-state index contributed by atoms with van der Waals surface area (Å²) in [6.07, 6.45) is 3.08. The Morgan fingerprint density at radius 3 is 2.36 bits per heavy atom. The lowest BCUT2D eigenvalue weighted by Crippen LogP contribution is -1.88. The third kappa shape index (κ3) is 1.48. The lowest BCUT2D eigenvalue weighted by atomic mass is 10.1. The first-order chi connectivity index (χ1) is 6.79. The maximum absolute atomic E-state index is 13.3. The van der Waals surface area contributed by atoms with E-state index in [1.54, 1.807) is 24.5 Å². The minimum Gasteiger partial charge on any atom is -0.265 e. The van der Waals surface area contributed by atoms with Crippen LogP contribution in [0.1, 0.15) is 0 Å². The Labute approximate surface area is 80.0 Å². The van der Waals surface area contributed by atoms with E-state index < -0.39 is 11.6 Å². The average molecular weight is 191 g/mol. The third-order valence-corrected chi connectivity index (χ3v) is 1.94. The molecule has 0 radical (unpaired) electrons. The predicted octanol–water partition coefficient (Wildman–Crippen LogP) is 3.03. The summed E-state index contributed by atoms with van der Waals surface area (Å²) >= 11 is 0. The van der Waals surface area contributed by atoms with E-state index in [1.165, 1.54) is 12.1 Å². The van der Waals surface area contributed by atoms with Gasteiger partial charge in [0.15, 0.2) is 11.6 Å². The van der Waals surface area contributed by atoms with Gasteiger partial charge in [-0.3, -0.25) is 4.98 Å². The fourth-order valence-corrected chi connectivity index (χ4v) is 1.26. The number of rotatable bonds is 1. The second-order valence-corrected chi connectivity index (χ2v) is 2.84. The molecule has 0 aliphatic rings. The van der Waals surface area contributed by atoms with E-state index in [4.69, 9.17) is 0 Å². The highest BCUT2D eigenvalue weighted by molar-refractivity contribution is 5.63. The zero-order valence-corrected chi connectivity index (χ0v) is 7.24. The van der Waals surface area contributed by atoms with Gasteiger partial charge in [-0.05, 0) is 23.8 Å². The summed E-state index contributed by atoms with van der Waals surface area (Å²) in [5.74, 6) is -1.65. The molecule has 14 heavy (non-hydrogen) atoms. The minimum atomic E-state index is -0.834. The van der Waals surface area contributed by atoms with Gasteiger partial charge in [-0.2, -0.15) is 0 Å². The Morgan fingerprint density at radius 2 is 1.64 bits per heavy atom. The van der Waals surface area contributed by atoms with Crippen molar-refractivity contribution >= 4 is 0 Å². The number of aromatic nitrogens is 1. The van der Waals surface area contributed by atoms with Gasteiger partial charge in [-0.1, -0.05) is 12.1 Å². The first kappa shape index (κ1) is 8.81. The lowest BCUT2D eigenvalue weighted by molar-refractivity contribution is 0.511. The number of pyridine rings is 1. The third-order valence-electron chi connectivity index (χ3n) is 1.94. The molecule has 1 heterocycles. The van der Waals surface area contributed by atoms with Crippen molar-refractivity contribution in [2.75, 3.05) is 0 Å². The molecular weight excluding hydrogens is 184 g/mol. The van der Waals surface area contributed by atoms with Crippen LogP contribution in [0.15, 0.2) is 42.7 Å². The molecule has 0 saturated carbocycles. The molecule has 0 fully saturated rings. The van der Waals surface area contributed by atoms with Crippen LogP contribution in [-0.2, 0) is 0 Å². The molecule has 1 nitrogen and oxygen atoms in total. The van der Waals surface area contributed by atoms with Crippen LogP contribution in [0.3, 0.4) is 0 Å². The van der Waals surface area contributed by atoms with Gasteiger partial charge in [0, 0.05) is 18.0 Å². The number of benzene rings is 1. The minimum absolute atomic E-state index is 0.257. The van der Waals surface area contributed by atoms with Gasteiger partial charge in [-0.15, -0.1) is 0 Å². The van der Waals surface area contributed by atoms with Gasteiger partial charge < -0.3 is 0 Å². The number of halogens is 2. The van der Waals surface area contributed by atoms with E-state index in [1.807, 2.05) is 0 Å². The van der Waals surface area contributed by atoms with Gasteiger partial charge in [0.1, 0.15) is 0 Å². The van der Waals surface area contributed by atoms with Crippen molar-refractivity contribution in [3.05, 3.63) is 54.4 Å². The first-order valence-corrected chi connectivity index (χ1v) is 4.13. The van der Waals surface area contributed by atoms with Gasteiger partial charge in [0.25, 0.3) is 0 Å². The molecule has 3 heteroatoms. The zero-order valence-electron chi connectivity index (χ0n) is 7.24. The molecule has 1 aromatic heterocycles. The van der Waals surface area contributed by atoms with Crippen molar-refractivity contribution < 1.29 is 8.78 Å². The van der Waals surface area contributed by atoms with Gasteiger partial charge >= 0.3 is 0 Å². The van der Waals surface area contributed by atoms with Gasteiger partial charge in [0.2, 0.25) is 0 Å². The Morgan fingerprint density at radius 1 is 0.929 bits per heavy atom. The van der Waals surface area contributed by atoms with E-state index >= 15 is 0 Å². The molecule has 0 unspecified atom stereocenters. The van der Waals surface area contributed by atoms with E-state index in [0.717, 1.165) is 6.07 Å². The highest BCUT2D eigenvalue weighted by Crippen LogP contribution is 2.23. The van der Waals surface area contributed by atoms with E-state index in [9.17, 15) is 8.78 Å². The fraction of sp³-hybridized carbons (Fsp3) is 0. The summed E-state index contributed by atoms with van der Waals surface area (Å²) in [7, 11) is 0. The van der Waals surface area contributed by atoms with E-state index in [-0.39, 0.29) is 5.56 Å². The topological polar surface area (TPSA) is 12.9 Å². The molecule has 2 rings (SSSR count). The maximum atomic E-state index is 13.3. The lowest BCUT2D eigenvalue weighted by Gasteiger charge is -2.02. The van der Waals surface area contributed by atoms with Crippen LogP contribution in [0.2, 0.25) is 0 Å². The molecule has 0 atom stereocenters. The molecule has 1 aromatic carbocycles. The highest BCUT2D eigenvalue weighted by Gasteiger charge is 2.08. The molecule has 70 valence electrons. The SMILES string of the molecule is Fc1cccc(-c2ccncc2)c1F. The van der Waals surface area contributed by atoms with Crippen LogP contribution < -0.4 is 0 Å². The second-order valence-electron chi connectivity index (χ2n) is 2.84. The molecule has 0 saturated heterocycles. The van der Waals surface area contributed by atoms with E-state index in [0.29, 0.717) is 5.56 Å². The monoisotopic (exact) mass is 191 g/mol. The van der Waals surface area contributed by atoms with Crippen LogP contribution in [0.4, 0.5) is 8.78 Å². The van der Waals surface area contributed by atoms with Crippen LogP contribution in [0.25, 0.3) is 11.1 Å². The Balaban J connectivity index is 2.58. The van der Waals surface area contributed by atoms with Crippen molar-refractivity contribution in [3.8, 4) is 11.1 Å². The molecule has 0 spiro atoms. The van der Waals surface area contributed by atoms with Crippen molar-refractivity contribution in [1.29, 1.82) is 0 Å². The van der Waals surface area contributed by atoms with Crippen molar-refractivity contribution in [2.45, 2.75) is 0 Å². The highest BCUT2D eigenvalue weighted by atomic mass is 19.2. The largest absolute Gasteiger partial charge is 0.265 e. The second kappa shape index (κ2) is 3.54. The smallest absolute Gasteiger partial charge is 0.166 e. The standard InChI is InChI=1S/C11H7F2N/c12-10-3-1-2-9(11(10)13)8-4-6-14-7-5-8/h1-7H. The summed E-state index contributed by atoms with van der Waals surface area (Å²) in [6, 6.07) is 7.39. The molecule has 0 bridgehead atoms. The quantitative estimate of drug-likeness (QED) is 0.675. The van der Waals surface area contributed by atoms with Gasteiger partial charge in [-0.25, -0.2) is 8.78 Å². The number of nitrogens with zero attached hydrogens (tertiary/aromatic N) is 1. The summed E-state index contributed by atoms with van der Waals surface area (Å²) < 4.78 is 26.2. The molecule has 2 aromatic rings. The summed E-state index contributed by atoms with van der Waals surface area (Å²) in [5.41, 5.74) is 0.879. The number of hydrogen-bond donors (Lipinski definition) is 0. The van der Waals surface area contributed by atoms with E-state index in [2.05, 4.69) is 4.98 Å². The van der Waals surface area contributed by atoms with Crippen molar-refractivity contribution in [3.63, 3.8) is 0 Å². The van der Waals surface area contributed by atoms with Gasteiger partial charge in [0.05, 0.1) is 0 Å². The van der Waals surface area contributed by atoms with Crippen LogP contribution in [0, 0.1) is 11.6 Å². The molecular formula is C11H7F2N. The van der Waals surface area contributed by atoms with Crippen molar-refractivity contribution in [2.24, 2.45) is 0 Å². The molecule has 0 amide bonds. The normalized spacial score (nSPS) is 10.1. The first-order valence-electron chi connectivity index (χ1n) is 4.13. The van der Waals surface area contributed by atoms with Crippen molar-refractivity contribution in [1.82, 2.24) is 4.98 Å². The summed E-state index contributed by atoms with van der Waals surface area (Å²) in [4.78, 5) is 3.81. The summed E-state index contributed by atoms with van der Waals surface area (Å²) in [6.45, 7) is 0. The summed E-state index contributed by atoms with van der Waals surface area (Å²) in [5, 5.41) is 0. The van der Waals surface area contributed by atoms with Crippen LogP contribution in [-0.4, -0.2) is 4.98 Å². The molecule has 0 N–H and O–H groups in total. The predicted molar refractivity (Wildman–Crippen MR) is 49.6 cm³/mol. The fourth-order valence-electron chi connectivity index (χ4n) is 1.26. The average Bonchev–Trinajstić information content (AvgIpc) is 2.23.